The highest BCUT2D eigenvalue weighted by molar-refractivity contribution is 6.59. The molecule has 130 valence electrons. The molecule has 2 aromatic carbocycles. The third-order valence-electron chi connectivity index (χ3n) is 3.81. The highest BCUT2D eigenvalue weighted by Gasteiger charge is 2.46. The van der Waals surface area contributed by atoms with Crippen LogP contribution in [0.15, 0.2) is 65.9 Å². The zero-order valence-electron chi connectivity index (χ0n) is 13.6. The van der Waals surface area contributed by atoms with Crippen molar-refractivity contribution in [1.29, 1.82) is 0 Å². The lowest BCUT2D eigenvalue weighted by molar-refractivity contribution is -0.136. The molecule has 0 aromatic heterocycles. The largest absolute Gasteiger partial charge is 0.464 e. The zero-order valence-corrected chi connectivity index (χ0v) is 14.3. The number of anilines is 1. The third kappa shape index (κ3) is 2.91. The van der Waals surface area contributed by atoms with Gasteiger partial charge in [0.1, 0.15) is 5.57 Å². The molecule has 0 saturated heterocycles. The maximum Gasteiger partial charge on any atom is 0.356 e. The number of Topliss-reactive ketones (excluding diaryl/α,β-unsaturated/α-hetero) is 2. The lowest BCUT2D eigenvalue weighted by Gasteiger charge is -2.18. The molecule has 0 aliphatic carbocycles. The predicted octanol–water partition coefficient (Wildman–Crippen LogP) is 2.57. The first kappa shape index (κ1) is 17.6. The van der Waals surface area contributed by atoms with Crippen molar-refractivity contribution in [3.63, 3.8) is 0 Å². The summed E-state index contributed by atoms with van der Waals surface area (Å²) in [5.41, 5.74) is -0.506. The first-order valence-electron chi connectivity index (χ1n) is 7.52. The van der Waals surface area contributed by atoms with Gasteiger partial charge in [-0.05, 0) is 24.3 Å². The molecule has 6 nitrogen and oxygen atoms in total. The number of amides is 1. The van der Waals surface area contributed by atoms with E-state index >= 15 is 0 Å². The summed E-state index contributed by atoms with van der Waals surface area (Å²) in [6.07, 6.45) is 0. The van der Waals surface area contributed by atoms with Gasteiger partial charge in [-0.25, -0.2) is 4.79 Å². The minimum atomic E-state index is -1.06. The van der Waals surface area contributed by atoms with Crippen LogP contribution in [0.3, 0.4) is 0 Å². The number of esters is 1. The molecule has 2 aromatic rings. The van der Waals surface area contributed by atoms with Crippen molar-refractivity contribution in [2.75, 3.05) is 12.0 Å². The third-order valence-corrected chi connectivity index (χ3v) is 4.06. The van der Waals surface area contributed by atoms with E-state index in [0.29, 0.717) is 5.02 Å². The molecular weight excluding hydrogens is 358 g/mol. The molecule has 3 rings (SSSR count). The Morgan fingerprint density at radius 2 is 1.58 bits per heavy atom. The highest BCUT2D eigenvalue weighted by Crippen LogP contribution is 2.31. The van der Waals surface area contributed by atoms with E-state index in [1.54, 1.807) is 18.2 Å². The van der Waals surface area contributed by atoms with Crippen LogP contribution in [0.1, 0.15) is 10.4 Å². The number of carbonyl (C=O) groups is 4. The Balaban J connectivity index is 2.19. The summed E-state index contributed by atoms with van der Waals surface area (Å²) < 4.78 is 4.70. The van der Waals surface area contributed by atoms with E-state index in [2.05, 4.69) is 0 Å². The van der Waals surface area contributed by atoms with Gasteiger partial charge in [-0.2, -0.15) is 0 Å². The molecule has 0 unspecified atom stereocenters. The first-order chi connectivity index (χ1) is 12.5. The Morgan fingerprint density at radius 3 is 2.15 bits per heavy atom. The topological polar surface area (TPSA) is 80.8 Å². The Hall–Kier alpha value is -3.25. The van der Waals surface area contributed by atoms with Crippen LogP contribution in [0.4, 0.5) is 5.69 Å². The van der Waals surface area contributed by atoms with E-state index < -0.39 is 34.7 Å². The second-order valence-corrected chi connectivity index (χ2v) is 5.79. The lowest BCUT2D eigenvalue weighted by Crippen LogP contribution is -2.31. The molecule has 0 atom stereocenters. The Morgan fingerprint density at radius 1 is 0.962 bits per heavy atom. The molecule has 0 bridgehead atoms. The van der Waals surface area contributed by atoms with Crippen LogP contribution in [0.5, 0.6) is 0 Å². The molecule has 1 amide bonds. The fourth-order valence-corrected chi connectivity index (χ4v) is 2.73. The molecule has 7 heteroatoms. The van der Waals surface area contributed by atoms with E-state index in [4.69, 9.17) is 16.3 Å². The second kappa shape index (κ2) is 6.93. The molecule has 1 heterocycles. The van der Waals surface area contributed by atoms with Gasteiger partial charge in [0, 0.05) is 16.3 Å². The number of benzene rings is 2. The summed E-state index contributed by atoms with van der Waals surface area (Å²) in [6.45, 7) is 0. The summed E-state index contributed by atoms with van der Waals surface area (Å²) >= 11 is 5.84. The van der Waals surface area contributed by atoms with E-state index in [9.17, 15) is 19.2 Å². The number of ether oxygens (including phenoxy) is 1. The van der Waals surface area contributed by atoms with Crippen LogP contribution in [0.25, 0.3) is 0 Å². The van der Waals surface area contributed by atoms with Gasteiger partial charge in [0.2, 0.25) is 0 Å². The molecule has 1 aliphatic heterocycles. The normalized spacial score (nSPS) is 14.0. The number of hydrogen-bond acceptors (Lipinski definition) is 5. The zero-order chi connectivity index (χ0) is 18.8. The van der Waals surface area contributed by atoms with Crippen molar-refractivity contribution >= 4 is 40.7 Å². The molecule has 0 spiro atoms. The number of hydrogen-bond donors (Lipinski definition) is 0. The molecule has 0 fully saturated rings. The van der Waals surface area contributed by atoms with E-state index in [0.717, 1.165) is 12.0 Å². The predicted molar refractivity (Wildman–Crippen MR) is 93.8 cm³/mol. The Bertz CT molecular complexity index is 948. The maximum absolute atomic E-state index is 12.8. The van der Waals surface area contributed by atoms with Crippen molar-refractivity contribution in [1.82, 2.24) is 0 Å². The van der Waals surface area contributed by atoms with Gasteiger partial charge in [-0.1, -0.05) is 41.9 Å². The van der Waals surface area contributed by atoms with Crippen LogP contribution >= 0.6 is 11.6 Å². The minimum absolute atomic E-state index is 0.183. The summed E-state index contributed by atoms with van der Waals surface area (Å²) in [7, 11) is 1.10. The number of ketones is 2. The van der Waals surface area contributed by atoms with Crippen LogP contribution in [0, 0.1) is 0 Å². The van der Waals surface area contributed by atoms with Crippen LogP contribution in [-0.2, 0) is 19.1 Å². The Labute approximate surface area is 153 Å². The van der Waals surface area contributed by atoms with Gasteiger partial charge in [0.05, 0.1) is 7.11 Å². The van der Waals surface area contributed by atoms with Crippen LogP contribution in [0.2, 0.25) is 5.02 Å². The highest BCUT2D eigenvalue weighted by atomic mass is 35.5. The maximum atomic E-state index is 12.8. The SMILES string of the molecule is COC(=O)C1=C(C(=O)c2ccccc2)C(=O)C(=O)N1c1ccc(Cl)cc1. The van der Waals surface area contributed by atoms with Crippen molar-refractivity contribution in [2.45, 2.75) is 0 Å². The van der Waals surface area contributed by atoms with Crippen LogP contribution in [-0.4, -0.2) is 30.6 Å². The number of methoxy groups -OCH3 is 1. The summed E-state index contributed by atoms with van der Waals surface area (Å²) in [5, 5.41) is 0.413. The van der Waals surface area contributed by atoms with Crippen LogP contribution < -0.4 is 4.90 Å². The molecule has 26 heavy (non-hydrogen) atoms. The fraction of sp³-hybridized carbons (Fsp3) is 0.0526. The molecule has 0 radical (unpaired) electrons. The first-order valence-corrected chi connectivity index (χ1v) is 7.90. The van der Waals surface area contributed by atoms with Gasteiger partial charge in [-0.3, -0.25) is 19.3 Å². The van der Waals surface area contributed by atoms with E-state index in [1.807, 2.05) is 0 Å². The van der Waals surface area contributed by atoms with Gasteiger partial charge >= 0.3 is 11.9 Å². The van der Waals surface area contributed by atoms with E-state index in [-0.39, 0.29) is 11.3 Å². The van der Waals surface area contributed by atoms with Gasteiger partial charge in [-0.15, -0.1) is 0 Å². The smallest absolute Gasteiger partial charge is 0.356 e. The summed E-state index contributed by atoms with van der Waals surface area (Å²) in [6, 6.07) is 13.8. The van der Waals surface area contributed by atoms with Crippen molar-refractivity contribution in [3.8, 4) is 0 Å². The molecular formula is C19H12ClNO5. The van der Waals surface area contributed by atoms with E-state index in [1.165, 1.54) is 36.4 Å². The fourth-order valence-electron chi connectivity index (χ4n) is 2.60. The minimum Gasteiger partial charge on any atom is -0.464 e. The monoisotopic (exact) mass is 369 g/mol. The number of carbonyl (C=O) groups excluding carboxylic acids is 4. The van der Waals surface area contributed by atoms with Crippen molar-refractivity contribution < 1.29 is 23.9 Å². The standard InChI is InChI=1S/C19H12ClNO5/c1-26-19(25)15-14(16(22)11-5-3-2-4-6-11)17(23)18(24)21(15)13-9-7-12(20)8-10-13/h2-10H,1H3. The van der Waals surface area contributed by atoms with Crippen molar-refractivity contribution in [2.24, 2.45) is 0 Å². The van der Waals surface area contributed by atoms with Gasteiger partial charge in [0.25, 0.3) is 5.78 Å². The van der Waals surface area contributed by atoms with Crippen molar-refractivity contribution in [3.05, 3.63) is 76.5 Å². The quantitative estimate of drug-likeness (QED) is 0.358. The average Bonchev–Trinajstić information content (AvgIpc) is 2.93. The molecule has 0 N–H and O–H groups in total. The molecule has 1 aliphatic rings. The summed E-state index contributed by atoms with van der Waals surface area (Å²) in [5.74, 6) is -3.75. The second-order valence-electron chi connectivity index (χ2n) is 5.36. The number of rotatable bonds is 4. The lowest BCUT2D eigenvalue weighted by atomic mass is 10.00. The molecule has 0 saturated carbocycles. The number of nitrogens with zero attached hydrogens (tertiary/aromatic N) is 1. The van der Waals surface area contributed by atoms with Gasteiger partial charge in [0.15, 0.2) is 11.5 Å². The summed E-state index contributed by atoms with van der Waals surface area (Å²) in [4.78, 5) is 51.0. The van der Waals surface area contributed by atoms with Gasteiger partial charge < -0.3 is 4.74 Å². The number of halogens is 1. The average molecular weight is 370 g/mol. The Kier molecular flexibility index (Phi) is 4.69.